The molecule has 4 N–H and O–H groups in total. The van der Waals surface area contributed by atoms with E-state index in [-0.39, 0.29) is 11.1 Å². The summed E-state index contributed by atoms with van der Waals surface area (Å²) >= 11 is 8.64. The molecule has 0 saturated heterocycles. The molecule has 0 aliphatic carbocycles. The van der Waals surface area contributed by atoms with Crippen LogP contribution >= 0.6 is 25.3 Å². The van der Waals surface area contributed by atoms with Gasteiger partial charge in [0.25, 0.3) is 0 Å². The van der Waals surface area contributed by atoms with Gasteiger partial charge in [-0.25, -0.2) is 19.6 Å². The second-order valence-electron chi connectivity index (χ2n) is 15.2. The van der Waals surface area contributed by atoms with Gasteiger partial charge in [-0.1, -0.05) is 48.5 Å². The van der Waals surface area contributed by atoms with Gasteiger partial charge < -0.3 is 29.7 Å². The van der Waals surface area contributed by atoms with E-state index in [1.54, 1.807) is 24.3 Å². The third-order valence-electron chi connectivity index (χ3n) is 11.0. The van der Waals surface area contributed by atoms with Crippen molar-refractivity contribution in [1.29, 1.82) is 0 Å². The molecular formula is C52H42N4O6S2. The summed E-state index contributed by atoms with van der Waals surface area (Å²) in [5.74, 6) is 0.929. The number of benzene rings is 4. The lowest BCUT2D eigenvalue weighted by Crippen LogP contribution is -1.97. The van der Waals surface area contributed by atoms with E-state index in [2.05, 4.69) is 35.2 Å². The van der Waals surface area contributed by atoms with Crippen LogP contribution in [0.15, 0.2) is 121 Å². The van der Waals surface area contributed by atoms with Gasteiger partial charge in [0.05, 0.1) is 47.1 Å². The zero-order chi connectivity index (χ0) is 44.2. The number of carboxylic acids is 2. The maximum Gasteiger partial charge on any atom is 0.335 e. The first kappa shape index (κ1) is 42.0. The number of aromatic carboxylic acids is 2. The highest BCUT2D eigenvalue weighted by Gasteiger charge is 2.20. The molecule has 9 rings (SSSR count). The largest absolute Gasteiger partial charge is 0.494 e. The number of nitrogens with one attached hydrogen (secondary N) is 2. The first-order valence-electron chi connectivity index (χ1n) is 20.8. The van der Waals surface area contributed by atoms with Crippen molar-refractivity contribution in [3.05, 3.63) is 155 Å². The van der Waals surface area contributed by atoms with Gasteiger partial charge in [0.15, 0.2) is 0 Å². The molecule has 64 heavy (non-hydrogen) atoms. The second kappa shape index (κ2) is 18.6. The van der Waals surface area contributed by atoms with E-state index in [0.29, 0.717) is 36.0 Å². The molecule has 0 amide bonds. The van der Waals surface area contributed by atoms with Crippen LogP contribution in [0.2, 0.25) is 0 Å². The summed E-state index contributed by atoms with van der Waals surface area (Å²) in [6.07, 6.45) is 9.60. The fourth-order valence-corrected chi connectivity index (χ4v) is 8.18. The topological polar surface area (TPSA) is 150 Å². The zero-order valence-electron chi connectivity index (χ0n) is 34.4. The highest BCUT2D eigenvalue weighted by molar-refractivity contribution is 7.80. The van der Waals surface area contributed by atoms with Gasteiger partial charge in [-0.2, -0.15) is 25.3 Å². The number of aromatic nitrogens is 4. The number of carbonyl (C=O) groups is 2. The Morgan fingerprint density at radius 1 is 0.438 bits per heavy atom. The molecule has 4 aromatic carbocycles. The van der Waals surface area contributed by atoms with Gasteiger partial charge in [-0.15, -0.1) is 0 Å². The molecular weight excluding hydrogens is 841 g/mol. The van der Waals surface area contributed by atoms with E-state index in [0.717, 1.165) is 102 Å². The number of hydrogen-bond donors (Lipinski definition) is 6. The lowest BCUT2D eigenvalue weighted by Gasteiger charge is -2.09. The molecule has 0 spiro atoms. The quantitative estimate of drug-likeness (QED) is 0.0467. The maximum atomic E-state index is 11.9. The Balaban J connectivity index is 1.36. The van der Waals surface area contributed by atoms with Gasteiger partial charge in [0.2, 0.25) is 0 Å². The van der Waals surface area contributed by atoms with Gasteiger partial charge in [0.1, 0.15) is 11.5 Å². The molecule has 8 bridgehead atoms. The lowest BCUT2D eigenvalue weighted by atomic mass is 10.0. The number of carboxylic acid groups (broad SMARTS) is 2. The number of rotatable bonds is 14. The third kappa shape index (κ3) is 8.70. The van der Waals surface area contributed by atoms with Crippen LogP contribution in [0.4, 0.5) is 0 Å². The van der Waals surface area contributed by atoms with E-state index in [1.165, 1.54) is 0 Å². The standard InChI is InChI=1S/C52H42N4O6S2/c57-51(58)35-7-3-31(4-8-35)47-39-19-23-43(53-39)49(33-11-15-37(16-12-33)61-27-1-29-63)44-24-20-40(54-44)48(32-5-9-36(10-6-32)52(59)60)42-22-26-46(56-42)50(45-25-21-41(47)55-45)34-13-17-38(18-14-34)62-28-2-30-64/h3-26,53,56,63-64H,1-2,27-30H2,(H,57,58)(H,59,60). The summed E-state index contributed by atoms with van der Waals surface area (Å²) in [7, 11) is 0. The molecule has 2 aliphatic rings. The zero-order valence-corrected chi connectivity index (χ0v) is 36.2. The fourth-order valence-electron chi connectivity index (χ4n) is 7.92. The number of nitrogens with zero attached hydrogens (tertiary/aromatic N) is 2. The number of H-pyrrole nitrogens is 2. The van der Waals surface area contributed by atoms with Gasteiger partial charge in [0, 0.05) is 44.3 Å². The average molecular weight is 883 g/mol. The first-order valence-corrected chi connectivity index (χ1v) is 22.1. The predicted molar refractivity (Wildman–Crippen MR) is 262 cm³/mol. The van der Waals surface area contributed by atoms with E-state index in [9.17, 15) is 19.8 Å². The minimum Gasteiger partial charge on any atom is -0.494 e. The van der Waals surface area contributed by atoms with Crippen molar-refractivity contribution in [3.8, 4) is 56.0 Å². The van der Waals surface area contributed by atoms with Crippen molar-refractivity contribution in [2.75, 3.05) is 24.7 Å². The summed E-state index contributed by atoms with van der Waals surface area (Å²) in [6, 6.07) is 37.6. The monoisotopic (exact) mass is 882 g/mol. The van der Waals surface area contributed by atoms with Crippen LogP contribution in [0, 0.1) is 0 Å². The molecule has 0 radical (unpaired) electrons. The van der Waals surface area contributed by atoms with Crippen molar-refractivity contribution in [2.24, 2.45) is 0 Å². The van der Waals surface area contributed by atoms with Gasteiger partial charge >= 0.3 is 11.9 Å². The molecule has 10 nitrogen and oxygen atoms in total. The summed E-state index contributed by atoms with van der Waals surface area (Å²) < 4.78 is 12.0. The van der Waals surface area contributed by atoms with Crippen molar-refractivity contribution in [3.63, 3.8) is 0 Å². The number of aromatic amines is 2. The molecule has 2 aliphatic heterocycles. The Hall–Kier alpha value is -7.28. The number of hydrogen-bond acceptors (Lipinski definition) is 8. The van der Waals surface area contributed by atoms with Crippen molar-refractivity contribution < 1.29 is 29.3 Å². The Bertz CT molecular complexity index is 2910. The maximum absolute atomic E-state index is 11.9. The summed E-state index contributed by atoms with van der Waals surface area (Å²) in [4.78, 5) is 41.9. The molecule has 12 heteroatoms. The van der Waals surface area contributed by atoms with Gasteiger partial charge in [-0.3, -0.25) is 0 Å². The van der Waals surface area contributed by atoms with E-state index < -0.39 is 11.9 Å². The van der Waals surface area contributed by atoms with Crippen LogP contribution in [-0.4, -0.2) is 66.8 Å². The SMILES string of the molecule is O=C(O)c1ccc(-c2c3nc(c(-c4ccc(OCCCS)cc4)c4ccc([nH]4)c(-c4ccc(C(=O)O)cc4)c4nc(c(-c5ccc(OCCCS)cc5)c5ccc2[nH]5)C=C4)C=C3)cc1. The smallest absolute Gasteiger partial charge is 0.335 e. The van der Waals surface area contributed by atoms with Crippen LogP contribution in [0.5, 0.6) is 11.5 Å². The highest BCUT2D eigenvalue weighted by atomic mass is 32.1. The first-order chi connectivity index (χ1) is 31.3. The minimum absolute atomic E-state index is 0.179. The van der Waals surface area contributed by atoms with Crippen LogP contribution in [0.3, 0.4) is 0 Å². The molecule has 318 valence electrons. The molecule has 0 unspecified atom stereocenters. The predicted octanol–water partition coefficient (Wildman–Crippen LogP) is 12.1. The summed E-state index contributed by atoms with van der Waals surface area (Å²) in [6.45, 7) is 1.11. The molecule has 3 aromatic heterocycles. The highest BCUT2D eigenvalue weighted by Crippen LogP contribution is 2.39. The Labute approximate surface area is 379 Å². The van der Waals surface area contributed by atoms with Gasteiger partial charge in [-0.05, 0) is 144 Å². The van der Waals surface area contributed by atoms with E-state index in [1.807, 2.05) is 121 Å². The molecule has 7 aromatic rings. The molecule has 0 fully saturated rings. The third-order valence-corrected chi connectivity index (χ3v) is 11.7. The number of ether oxygens (including phenoxy) is 2. The molecule has 0 saturated carbocycles. The second-order valence-corrected chi connectivity index (χ2v) is 16.1. The average Bonchev–Trinajstić information content (AvgIpc) is 4.16. The molecule has 0 atom stereocenters. The van der Waals surface area contributed by atoms with Crippen molar-refractivity contribution >= 4 is 83.6 Å². The van der Waals surface area contributed by atoms with E-state index in [4.69, 9.17) is 19.4 Å². The Morgan fingerprint density at radius 3 is 0.984 bits per heavy atom. The Morgan fingerprint density at radius 2 is 0.719 bits per heavy atom. The van der Waals surface area contributed by atoms with Crippen LogP contribution in [0.1, 0.15) is 56.3 Å². The van der Waals surface area contributed by atoms with Crippen LogP contribution in [-0.2, 0) is 0 Å². The van der Waals surface area contributed by atoms with Crippen molar-refractivity contribution in [1.82, 2.24) is 19.9 Å². The fraction of sp³-hybridized carbons (Fsp3) is 0.115. The van der Waals surface area contributed by atoms with Crippen LogP contribution < -0.4 is 9.47 Å². The van der Waals surface area contributed by atoms with E-state index >= 15 is 0 Å². The Kier molecular flexibility index (Phi) is 12.2. The van der Waals surface area contributed by atoms with Crippen molar-refractivity contribution in [2.45, 2.75) is 12.8 Å². The lowest BCUT2D eigenvalue weighted by molar-refractivity contribution is 0.0686. The normalized spacial score (nSPS) is 11.8. The number of fused-ring (bicyclic) bond motifs is 8. The minimum atomic E-state index is -1.01. The summed E-state index contributed by atoms with van der Waals surface area (Å²) in [5, 5.41) is 19.5. The van der Waals surface area contributed by atoms with Crippen LogP contribution in [0.25, 0.3) is 90.9 Å². The summed E-state index contributed by atoms with van der Waals surface area (Å²) in [5.41, 5.74) is 12.8. The molecule has 5 heterocycles. The number of thiol groups is 2.